The van der Waals surface area contributed by atoms with Crippen LogP contribution in [-0.2, 0) is 19.7 Å². The summed E-state index contributed by atoms with van der Waals surface area (Å²) in [5.74, 6) is 1.64. The number of carbonyl (C=O) groups is 2. The molecule has 26 heavy (non-hydrogen) atoms. The number of hydrogen-bond acceptors (Lipinski definition) is 3. The first kappa shape index (κ1) is 17.6. The summed E-state index contributed by atoms with van der Waals surface area (Å²) < 4.78 is 5.25. The molecule has 3 unspecified atom stereocenters. The molecule has 1 aromatic carbocycles. The topological polar surface area (TPSA) is 55.4 Å². The molecule has 4 rings (SSSR count). The van der Waals surface area contributed by atoms with Gasteiger partial charge in [0.05, 0.1) is 0 Å². The molecule has 4 nitrogen and oxygen atoms in total. The van der Waals surface area contributed by atoms with Crippen molar-refractivity contribution in [3.8, 4) is 0 Å². The summed E-state index contributed by atoms with van der Waals surface area (Å²) in [6.45, 7) is 0.476. The first-order chi connectivity index (χ1) is 12.6. The Balaban J connectivity index is 1.20. The van der Waals surface area contributed by atoms with Crippen LogP contribution in [0.25, 0.3) is 0 Å². The third-order valence-electron chi connectivity index (χ3n) is 7.00. The lowest BCUT2D eigenvalue weighted by atomic mass is 9.64. The van der Waals surface area contributed by atoms with Gasteiger partial charge in [-0.3, -0.25) is 9.59 Å². The number of hydrogen-bond donors (Lipinski definition) is 1. The predicted octanol–water partition coefficient (Wildman–Crippen LogP) is 3.59. The predicted molar refractivity (Wildman–Crippen MR) is 99.5 cm³/mol. The Bertz CT molecular complexity index is 653. The minimum Gasteiger partial charge on any atom is -0.456 e. The van der Waals surface area contributed by atoms with Gasteiger partial charge in [-0.15, -0.1) is 0 Å². The highest BCUT2D eigenvalue weighted by Gasteiger charge is 2.41. The summed E-state index contributed by atoms with van der Waals surface area (Å²) in [6, 6.07) is 10.4. The van der Waals surface area contributed by atoms with Crippen LogP contribution in [0, 0.1) is 17.8 Å². The quantitative estimate of drug-likeness (QED) is 0.761. The molecule has 0 aromatic heterocycles. The molecule has 4 heteroatoms. The zero-order chi connectivity index (χ0) is 18.0. The van der Waals surface area contributed by atoms with E-state index < -0.39 is 0 Å². The molecular weight excluding hydrogens is 326 g/mol. The van der Waals surface area contributed by atoms with E-state index in [1.807, 2.05) is 6.07 Å². The van der Waals surface area contributed by atoms with Crippen molar-refractivity contribution >= 4 is 11.9 Å². The lowest BCUT2D eigenvalue weighted by Crippen LogP contribution is -2.46. The molecule has 0 aliphatic heterocycles. The maximum Gasteiger partial charge on any atom is 0.306 e. The second-order valence-electron chi connectivity index (χ2n) is 8.58. The molecule has 140 valence electrons. The number of ether oxygens (including phenoxy) is 1. The Morgan fingerprint density at radius 3 is 2.54 bits per heavy atom. The summed E-state index contributed by atoms with van der Waals surface area (Å²) in [6.07, 6.45) is 8.95. The van der Waals surface area contributed by atoms with Crippen molar-refractivity contribution in [1.29, 1.82) is 0 Å². The van der Waals surface area contributed by atoms with Gasteiger partial charge >= 0.3 is 5.97 Å². The van der Waals surface area contributed by atoms with E-state index in [9.17, 15) is 9.59 Å². The van der Waals surface area contributed by atoms with Gasteiger partial charge in [-0.05, 0) is 55.4 Å². The second kappa shape index (κ2) is 7.42. The number of fused-ring (bicyclic) bond motifs is 2. The molecule has 2 bridgehead atoms. The Labute approximate surface area is 155 Å². The smallest absolute Gasteiger partial charge is 0.306 e. The van der Waals surface area contributed by atoms with Crippen LogP contribution in [-0.4, -0.2) is 25.0 Å². The Kier molecular flexibility index (Phi) is 5.01. The van der Waals surface area contributed by atoms with Crippen molar-refractivity contribution in [3.63, 3.8) is 0 Å². The van der Waals surface area contributed by atoms with Crippen molar-refractivity contribution in [2.75, 3.05) is 13.2 Å². The van der Waals surface area contributed by atoms with E-state index in [0.29, 0.717) is 24.8 Å². The fourth-order valence-corrected chi connectivity index (χ4v) is 5.33. The molecule has 1 aromatic rings. The number of rotatable bonds is 7. The van der Waals surface area contributed by atoms with Crippen LogP contribution in [0.2, 0.25) is 0 Å². The van der Waals surface area contributed by atoms with Crippen LogP contribution in [0.4, 0.5) is 0 Å². The normalized spacial score (nSPS) is 28.4. The number of nitrogens with one attached hydrogen (secondary N) is 1. The standard InChI is InChI=1S/C22H29NO3/c24-20(14-26-21(25)13-18-12-16-7-8-17(18)11-16)23-15-22(9-4-10-22)19-5-2-1-3-6-19/h1-3,5-6,16-18H,4,7-15H2,(H,23,24). The molecule has 0 radical (unpaired) electrons. The number of esters is 1. The van der Waals surface area contributed by atoms with Gasteiger partial charge in [-0.25, -0.2) is 0 Å². The van der Waals surface area contributed by atoms with Crippen molar-refractivity contribution in [1.82, 2.24) is 5.32 Å². The van der Waals surface area contributed by atoms with E-state index in [2.05, 4.69) is 29.6 Å². The summed E-state index contributed by atoms with van der Waals surface area (Å²) in [5, 5.41) is 2.98. The zero-order valence-corrected chi connectivity index (χ0v) is 15.4. The molecule has 3 saturated carbocycles. The minimum atomic E-state index is -0.209. The first-order valence-electron chi connectivity index (χ1n) is 10.1. The van der Waals surface area contributed by atoms with Crippen LogP contribution in [0.5, 0.6) is 0 Å². The van der Waals surface area contributed by atoms with Gasteiger partial charge in [0.1, 0.15) is 0 Å². The van der Waals surface area contributed by atoms with Gasteiger partial charge < -0.3 is 10.1 Å². The summed E-state index contributed by atoms with van der Waals surface area (Å²) in [5.41, 5.74) is 1.35. The fourth-order valence-electron chi connectivity index (χ4n) is 5.33. The van der Waals surface area contributed by atoms with E-state index in [4.69, 9.17) is 4.74 Å². The fraction of sp³-hybridized carbons (Fsp3) is 0.636. The van der Waals surface area contributed by atoms with Crippen LogP contribution in [0.3, 0.4) is 0 Å². The summed E-state index contributed by atoms with van der Waals surface area (Å²) in [7, 11) is 0. The molecule has 3 aliphatic carbocycles. The molecule has 0 saturated heterocycles. The maximum absolute atomic E-state index is 12.1. The summed E-state index contributed by atoms with van der Waals surface area (Å²) in [4.78, 5) is 24.2. The average Bonchev–Trinajstić information content (AvgIpc) is 3.23. The largest absolute Gasteiger partial charge is 0.456 e. The maximum atomic E-state index is 12.1. The molecule has 1 amide bonds. The van der Waals surface area contributed by atoms with Gasteiger partial charge in [0.15, 0.2) is 6.61 Å². The lowest BCUT2D eigenvalue weighted by molar-refractivity contribution is -0.149. The monoisotopic (exact) mass is 355 g/mol. The third-order valence-corrected chi connectivity index (χ3v) is 7.00. The van der Waals surface area contributed by atoms with E-state index >= 15 is 0 Å². The van der Waals surface area contributed by atoms with E-state index in [1.165, 1.54) is 37.7 Å². The molecule has 3 fully saturated rings. The Morgan fingerprint density at radius 2 is 1.92 bits per heavy atom. The van der Waals surface area contributed by atoms with Crippen LogP contribution < -0.4 is 5.32 Å². The highest BCUT2D eigenvalue weighted by molar-refractivity contribution is 5.80. The number of benzene rings is 1. The summed E-state index contributed by atoms with van der Waals surface area (Å²) >= 11 is 0. The molecule has 0 spiro atoms. The van der Waals surface area contributed by atoms with Crippen molar-refractivity contribution in [2.45, 2.75) is 56.8 Å². The average molecular weight is 355 g/mol. The molecular formula is C22H29NO3. The number of amides is 1. The highest BCUT2D eigenvalue weighted by Crippen LogP contribution is 2.49. The van der Waals surface area contributed by atoms with Gasteiger partial charge in [-0.2, -0.15) is 0 Å². The van der Waals surface area contributed by atoms with Crippen LogP contribution >= 0.6 is 0 Å². The van der Waals surface area contributed by atoms with Gasteiger partial charge in [-0.1, -0.05) is 43.2 Å². The van der Waals surface area contributed by atoms with Gasteiger partial charge in [0.25, 0.3) is 5.91 Å². The zero-order valence-electron chi connectivity index (χ0n) is 15.4. The van der Waals surface area contributed by atoms with Crippen LogP contribution in [0.15, 0.2) is 30.3 Å². The van der Waals surface area contributed by atoms with Crippen molar-refractivity contribution in [2.24, 2.45) is 17.8 Å². The minimum absolute atomic E-state index is 0.0595. The van der Waals surface area contributed by atoms with E-state index in [0.717, 1.165) is 18.8 Å². The van der Waals surface area contributed by atoms with Gasteiger partial charge in [0.2, 0.25) is 0 Å². The third kappa shape index (κ3) is 3.65. The molecule has 0 heterocycles. The SMILES string of the molecule is O=C(COC(=O)CC1CC2CCC1C2)NCC1(c2ccccc2)CCC1. The van der Waals surface area contributed by atoms with Crippen molar-refractivity contribution in [3.05, 3.63) is 35.9 Å². The Hall–Kier alpha value is -1.84. The van der Waals surface area contributed by atoms with E-state index in [1.54, 1.807) is 0 Å². The van der Waals surface area contributed by atoms with Crippen molar-refractivity contribution < 1.29 is 14.3 Å². The molecule has 3 aliphatic rings. The molecule has 1 N–H and O–H groups in total. The first-order valence-corrected chi connectivity index (χ1v) is 10.1. The Morgan fingerprint density at radius 1 is 1.12 bits per heavy atom. The van der Waals surface area contributed by atoms with E-state index in [-0.39, 0.29) is 23.9 Å². The lowest BCUT2D eigenvalue weighted by Gasteiger charge is -2.42. The molecule has 3 atom stereocenters. The van der Waals surface area contributed by atoms with Gasteiger partial charge in [0, 0.05) is 18.4 Å². The second-order valence-corrected chi connectivity index (χ2v) is 8.58. The number of carbonyl (C=O) groups excluding carboxylic acids is 2. The van der Waals surface area contributed by atoms with Crippen LogP contribution in [0.1, 0.15) is 56.9 Å². The highest BCUT2D eigenvalue weighted by atomic mass is 16.5.